The van der Waals surface area contributed by atoms with Gasteiger partial charge in [-0.15, -0.1) is 0 Å². The zero-order chi connectivity index (χ0) is 14.6. The van der Waals surface area contributed by atoms with E-state index in [1.54, 1.807) is 39.2 Å². The highest BCUT2D eigenvalue weighted by atomic mass is 16.6. The van der Waals surface area contributed by atoms with Crippen LogP contribution in [0, 0.1) is 0 Å². The Labute approximate surface area is 112 Å². The minimum absolute atomic E-state index is 0.439. The Bertz CT molecular complexity index is 434. The SMILES string of the molecule is CN(N)C(=O)C(NC(=O)OC(C)(C)C)c1cc[nH]c1. The molecule has 1 unspecified atom stereocenters. The van der Waals surface area contributed by atoms with Crippen molar-refractivity contribution >= 4 is 12.0 Å². The van der Waals surface area contributed by atoms with E-state index in [-0.39, 0.29) is 0 Å². The summed E-state index contributed by atoms with van der Waals surface area (Å²) in [6.07, 6.45) is 2.60. The van der Waals surface area contributed by atoms with Gasteiger partial charge in [0.2, 0.25) is 0 Å². The summed E-state index contributed by atoms with van der Waals surface area (Å²) in [5.41, 5.74) is -0.0297. The topological polar surface area (TPSA) is 100 Å². The molecule has 1 aromatic heterocycles. The molecule has 7 nitrogen and oxygen atoms in total. The van der Waals surface area contributed by atoms with Gasteiger partial charge in [0, 0.05) is 25.0 Å². The summed E-state index contributed by atoms with van der Waals surface area (Å²) in [6, 6.07) is 0.805. The molecule has 0 aliphatic heterocycles. The van der Waals surface area contributed by atoms with Crippen molar-refractivity contribution in [1.82, 2.24) is 15.3 Å². The largest absolute Gasteiger partial charge is 0.444 e. The number of likely N-dealkylation sites (N-methyl/N-ethyl adjacent to an activating group) is 1. The summed E-state index contributed by atoms with van der Waals surface area (Å²) in [6.45, 7) is 5.23. The highest BCUT2D eigenvalue weighted by Gasteiger charge is 2.27. The number of aromatic amines is 1. The van der Waals surface area contributed by atoms with Gasteiger partial charge in [0.15, 0.2) is 0 Å². The summed E-state index contributed by atoms with van der Waals surface area (Å²) in [4.78, 5) is 26.5. The van der Waals surface area contributed by atoms with Crippen LogP contribution in [-0.2, 0) is 9.53 Å². The number of rotatable bonds is 3. The smallest absolute Gasteiger partial charge is 0.408 e. The van der Waals surface area contributed by atoms with E-state index in [2.05, 4.69) is 10.3 Å². The molecule has 106 valence electrons. The standard InChI is InChI=1S/C12H20N4O3/c1-12(2,3)19-11(18)15-9(10(17)16(4)13)8-5-6-14-7-8/h5-7,9,14H,13H2,1-4H3,(H,15,18). The van der Waals surface area contributed by atoms with E-state index in [4.69, 9.17) is 10.6 Å². The van der Waals surface area contributed by atoms with Crippen molar-refractivity contribution in [3.05, 3.63) is 24.0 Å². The number of ether oxygens (including phenoxy) is 1. The number of nitrogens with two attached hydrogens (primary N) is 1. The van der Waals surface area contributed by atoms with Crippen LogP contribution in [0.4, 0.5) is 4.79 Å². The highest BCUT2D eigenvalue weighted by molar-refractivity contribution is 5.86. The molecule has 7 heteroatoms. The predicted molar refractivity (Wildman–Crippen MR) is 69.9 cm³/mol. The Kier molecular flexibility index (Phi) is 4.55. The van der Waals surface area contributed by atoms with Gasteiger partial charge < -0.3 is 15.0 Å². The van der Waals surface area contributed by atoms with E-state index in [0.717, 1.165) is 5.01 Å². The third-order valence-corrected chi connectivity index (χ3v) is 2.21. The van der Waals surface area contributed by atoms with Crippen molar-refractivity contribution in [3.8, 4) is 0 Å². The summed E-state index contributed by atoms with van der Waals surface area (Å²) < 4.78 is 5.12. The summed E-state index contributed by atoms with van der Waals surface area (Å²) in [5, 5.41) is 3.43. The van der Waals surface area contributed by atoms with Gasteiger partial charge in [0.1, 0.15) is 11.6 Å². The van der Waals surface area contributed by atoms with Crippen molar-refractivity contribution in [1.29, 1.82) is 0 Å². The number of hydrogen-bond acceptors (Lipinski definition) is 4. The second kappa shape index (κ2) is 5.75. The highest BCUT2D eigenvalue weighted by Crippen LogP contribution is 2.15. The Morgan fingerprint density at radius 3 is 2.53 bits per heavy atom. The Balaban J connectivity index is 2.82. The maximum absolute atomic E-state index is 12.0. The fraction of sp³-hybridized carbons (Fsp3) is 0.500. The van der Waals surface area contributed by atoms with Crippen LogP contribution in [0.5, 0.6) is 0 Å². The number of nitrogens with one attached hydrogen (secondary N) is 2. The molecule has 0 radical (unpaired) electrons. The maximum Gasteiger partial charge on any atom is 0.408 e. The van der Waals surface area contributed by atoms with Gasteiger partial charge in [0.05, 0.1) is 0 Å². The number of hydrogen-bond donors (Lipinski definition) is 3. The molecule has 4 N–H and O–H groups in total. The molecular weight excluding hydrogens is 248 g/mol. The van der Waals surface area contributed by atoms with Crippen molar-refractivity contribution in [2.24, 2.45) is 5.84 Å². The maximum atomic E-state index is 12.0. The zero-order valence-electron chi connectivity index (χ0n) is 11.6. The minimum Gasteiger partial charge on any atom is -0.444 e. The molecule has 1 atom stereocenters. The average Bonchev–Trinajstić information content (AvgIpc) is 2.75. The fourth-order valence-corrected chi connectivity index (χ4v) is 1.43. The van der Waals surface area contributed by atoms with Gasteiger partial charge in [-0.3, -0.25) is 9.80 Å². The van der Waals surface area contributed by atoms with Gasteiger partial charge >= 0.3 is 6.09 Å². The number of nitrogens with zero attached hydrogens (tertiary/aromatic N) is 1. The molecule has 0 fully saturated rings. The first kappa shape index (κ1) is 15.0. The van der Waals surface area contributed by atoms with Gasteiger partial charge in [-0.05, 0) is 26.8 Å². The number of carbonyl (C=O) groups excluding carboxylic acids is 2. The Morgan fingerprint density at radius 2 is 2.11 bits per heavy atom. The normalized spacial score (nSPS) is 12.7. The molecule has 1 aromatic rings. The van der Waals surface area contributed by atoms with Gasteiger partial charge in [0.25, 0.3) is 5.91 Å². The first-order valence-corrected chi connectivity index (χ1v) is 5.85. The fourth-order valence-electron chi connectivity index (χ4n) is 1.43. The first-order valence-electron chi connectivity index (χ1n) is 5.85. The molecule has 0 bridgehead atoms. The van der Waals surface area contributed by atoms with E-state index in [1.807, 2.05) is 0 Å². The molecule has 0 aliphatic rings. The van der Waals surface area contributed by atoms with Crippen LogP contribution in [0.25, 0.3) is 0 Å². The zero-order valence-corrected chi connectivity index (χ0v) is 11.6. The van der Waals surface area contributed by atoms with Gasteiger partial charge in [-0.1, -0.05) is 0 Å². The summed E-state index contributed by atoms with van der Waals surface area (Å²) in [5.74, 6) is 4.99. The van der Waals surface area contributed by atoms with Crippen LogP contribution in [0.3, 0.4) is 0 Å². The van der Waals surface area contributed by atoms with E-state index < -0.39 is 23.6 Å². The summed E-state index contributed by atoms with van der Waals surface area (Å²) >= 11 is 0. The molecule has 2 amide bonds. The third kappa shape index (κ3) is 4.63. The third-order valence-electron chi connectivity index (χ3n) is 2.21. The molecule has 0 aromatic carbocycles. The van der Waals surface area contributed by atoms with Crippen LogP contribution < -0.4 is 11.2 Å². The summed E-state index contributed by atoms with van der Waals surface area (Å²) in [7, 11) is 1.42. The van der Waals surface area contributed by atoms with Crippen molar-refractivity contribution in [2.45, 2.75) is 32.4 Å². The lowest BCUT2D eigenvalue weighted by molar-refractivity contribution is -0.132. The van der Waals surface area contributed by atoms with Crippen LogP contribution >= 0.6 is 0 Å². The number of amides is 2. The van der Waals surface area contributed by atoms with Crippen LogP contribution in [-0.4, -0.2) is 34.6 Å². The molecule has 1 heterocycles. The quantitative estimate of drug-likeness (QED) is 0.431. The first-order chi connectivity index (χ1) is 8.70. The van der Waals surface area contributed by atoms with Crippen molar-refractivity contribution in [3.63, 3.8) is 0 Å². The number of hydrazine groups is 1. The Hall–Kier alpha value is -2.02. The molecule has 0 aliphatic carbocycles. The van der Waals surface area contributed by atoms with E-state index in [0.29, 0.717) is 5.56 Å². The molecule has 1 rings (SSSR count). The van der Waals surface area contributed by atoms with Crippen LogP contribution in [0.15, 0.2) is 18.5 Å². The van der Waals surface area contributed by atoms with Crippen molar-refractivity contribution in [2.75, 3.05) is 7.05 Å². The minimum atomic E-state index is -0.879. The predicted octanol–water partition coefficient (Wildman–Crippen LogP) is 0.913. The lowest BCUT2D eigenvalue weighted by atomic mass is 10.1. The average molecular weight is 268 g/mol. The van der Waals surface area contributed by atoms with Crippen molar-refractivity contribution < 1.29 is 14.3 Å². The Morgan fingerprint density at radius 1 is 1.47 bits per heavy atom. The van der Waals surface area contributed by atoms with E-state index >= 15 is 0 Å². The number of aromatic nitrogens is 1. The number of carbonyl (C=O) groups is 2. The second-order valence-electron chi connectivity index (χ2n) is 5.17. The molecular formula is C12H20N4O3. The molecule has 0 saturated carbocycles. The lowest BCUT2D eigenvalue weighted by Crippen LogP contribution is -2.45. The van der Waals surface area contributed by atoms with Crippen LogP contribution in [0.2, 0.25) is 0 Å². The van der Waals surface area contributed by atoms with E-state index in [1.165, 1.54) is 7.05 Å². The monoisotopic (exact) mass is 268 g/mol. The molecule has 0 saturated heterocycles. The molecule has 19 heavy (non-hydrogen) atoms. The molecule has 0 spiro atoms. The number of H-pyrrole nitrogens is 1. The van der Waals surface area contributed by atoms with E-state index in [9.17, 15) is 9.59 Å². The lowest BCUT2D eigenvalue weighted by Gasteiger charge is -2.24. The number of alkyl carbamates (subject to hydrolysis) is 1. The van der Waals surface area contributed by atoms with Gasteiger partial charge in [-0.2, -0.15) is 0 Å². The van der Waals surface area contributed by atoms with Gasteiger partial charge in [-0.25, -0.2) is 10.6 Å². The van der Waals surface area contributed by atoms with Crippen LogP contribution in [0.1, 0.15) is 32.4 Å². The second-order valence-corrected chi connectivity index (χ2v) is 5.17.